The van der Waals surface area contributed by atoms with Crippen molar-refractivity contribution in [2.75, 3.05) is 0 Å². The molecule has 0 bridgehead atoms. The molecule has 0 spiro atoms. The number of nitrogens with zero attached hydrogens (tertiary/aromatic N) is 1. The third kappa shape index (κ3) is 23.6. The maximum absolute atomic E-state index is 12.7. The van der Waals surface area contributed by atoms with Gasteiger partial charge in [0.15, 0.2) is 29.4 Å². The Morgan fingerprint density at radius 3 is 1.44 bits per heavy atom. The number of aryl methyl sites for hydroxylation is 4. The molecule has 276 valence electrons. The molecule has 12 heteroatoms. The molecule has 2 rings (SSSR count). The van der Waals surface area contributed by atoms with Crippen LogP contribution < -0.4 is 14.0 Å². The van der Waals surface area contributed by atoms with E-state index >= 15 is 0 Å². The molecule has 1 aromatic carbocycles. The molecule has 2 aromatic rings. The van der Waals surface area contributed by atoms with Crippen molar-refractivity contribution in [1.82, 2.24) is 0 Å². The second-order valence-electron chi connectivity index (χ2n) is 12.6. The van der Waals surface area contributed by atoms with E-state index in [-0.39, 0.29) is 11.9 Å². The van der Waals surface area contributed by atoms with E-state index in [0.717, 1.165) is 57.1 Å². The first-order chi connectivity index (χ1) is 22.3. The zero-order chi connectivity index (χ0) is 36.3. The van der Waals surface area contributed by atoms with E-state index in [1.54, 1.807) is 6.07 Å². The van der Waals surface area contributed by atoms with Crippen molar-refractivity contribution >= 4 is 19.7 Å². The number of esters is 2. The number of pyridine rings is 1. The molecule has 0 aliphatic heterocycles. The number of carbonyl (C=O) groups is 2. The van der Waals surface area contributed by atoms with E-state index in [1.807, 2.05) is 12.1 Å². The van der Waals surface area contributed by atoms with Crippen LogP contribution in [-0.2, 0) is 22.6 Å². The molecular weight excluding hydrogens is 655 g/mol. The number of rotatable bonds is 21. The predicted molar refractivity (Wildman–Crippen MR) is 181 cm³/mol. The SMILES string of the molecule is CCCCCCCCCC(=O)Oc1ccc(CC[n+]2c(C)cc(C)cc2C)cc1OC(=O)CCCCCCCCC.F[P-](F)(F)(F)(F)F. The number of hydrogen-bond donors (Lipinski definition) is 0. The average Bonchev–Trinajstić information content (AvgIpc) is 2.95. The van der Waals surface area contributed by atoms with Crippen molar-refractivity contribution in [3.05, 3.63) is 52.8 Å². The van der Waals surface area contributed by atoms with Crippen molar-refractivity contribution in [1.29, 1.82) is 0 Å². The monoisotopic (exact) mass is 711 g/mol. The van der Waals surface area contributed by atoms with Crippen molar-refractivity contribution in [3.8, 4) is 11.5 Å². The van der Waals surface area contributed by atoms with Crippen molar-refractivity contribution < 1.29 is 48.8 Å². The van der Waals surface area contributed by atoms with Crippen LogP contribution in [0.15, 0.2) is 30.3 Å². The summed E-state index contributed by atoms with van der Waals surface area (Å²) in [5, 5.41) is 0. The van der Waals surface area contributed by atoms with E-state index in [0.29, 0.717) is 24.3 Å². The Labute approximate surface area is 283 Å². The molecule has 0 unspecified atom stereocenters. The summed E-state index contributed by atoms with van der Waals surface area (Å²) in [6, 6.07) is 10.0. The van der Waals surface area contributed by atoms with Crippen molar-refractivity contribution in [3.63, 3.8) is 0 Å². The third-order valence-corrected chi connectivity index (χ3v) is 7.77. The van der Waals surface area contributed by atoms with Crippen LogP contribution in [0, 0.1) is 20.8 Å². The molecule has 48 heavy (non-hydrogen) atoms. The van der Waals surface area contributed by atoms with E-state index in [1.165, 1.54) is 68.3 Å². The van der Waals surface area contributed by atoms with Gasteiger partial charge in [-0.05, 0) is 43.0 Å². The van der Waals surface area contributed by atoms with E-state index in [2.05, 4.69) is 51.3 Å². The van der Waals surface area contributed by atoms with Crippen LogP contribution in [0.4, 0.5) is 25.2 Å². The van der Waals surface area contributed by atoms with E-state index in [9.17, 15) is 34.8 Å². The number of unbranched alkanes of at least 4 members (excludes halogenated alkanes) is 12. The number of ether oxygens (including phenoxy) is 2. The van der Waals surface area contributed by atoms with Crippen molar-refractivity contribution in [2.45, 2.75) is 150 Å². The van der Waals surface area contributed by atoms with E-state index < -0.39 is 7.81 Å². The summed E-state index contributed by atoms with van der Waals surface area (Å²) in [5.74, 6) is 0.160. The first-order valence-electron chi connectivity index (χ1n) is 17.4. The Hall–Kier alpha value is -2.68. The van der Waals surface area contributed by atoms with Gasteiger partial charge in [0.25, 0.3) is 0 Å². The van der Waals surface area contributed by atoms with E-state index in [4.69, 9.17) is 9.47 Å². The molecule has 1 heterocycles. The number of benzene rings is 1. The quantitative estimate of drug-likeness (QED) is 0.0323. The fourth-order valence-electron chi connectivity index (χ4n) is 5.40. The van der Waals surface area contributed by atoms with Crippen LogP contribution in [0.5, 0.6) is 11.5 Å². The Morgan fingerprint density at radius 2 is 1.00 bits per heavy atom. The van der Waals surface area contributed by atoms with Gasteiger partial charge in [-0.2, -0.15) is 4.57 Å². The molecule has 0 aliphatic carbocycles. The maximum atomic E-state index is 12.7. The topological polar surface area (TPSA) is 56.5 Å². The van der Waals surface area contributed by atoms with Gasteiger partial charge in [-0.1, -0.05) is 97.0 Å². The third-order valence-electron chi connectivity index (χ3n) is 7.77. The van der Waals surface area contributed by atoms with Crippen LogP contribution in [0.2, 0.25) is 0 Å². The molecule has 0 saturated heterocycles. The second kappa shape index (κ2) is 20.1. The summed E-state index contributed by atoms with van der Waals surface area (Å²) in [5.41, 5.74) is 4.75. The molecule has 0 radical (unpaired) electrons. The molecule has 0 fully saturated rings. The summed E-state index contributed by atoms with van der Waals surface area (Å²) in [6.07, 6.45) is 17.6. The number of carbonyl (C=O) groups excluding carboxylic acids is 2. The van der Waals surface area contributed by atoms with Gasteiger partial charge in [0.1, 0.15) is 0 Å². The first-order valence-corrected chi connectivity index (χ1v) is 19.4. The minimum atomic E-state index is -10.7. The minimum absolute atomic E-state index is 0.264. The molecule has 5 nitrogen and oxygen atoms in total. The van der Waals surface area contributed by atoms with Crippen molar-refractivity contribution in [2.24, 2.45) is 0 Å². The second-order valence-corrected chi connectivity index (χ2v) is 14.6. The van der Waals surface area contributed by atoms with Crippen LogP contribution in [0.1, 0.15) is 139 Å². The molecule has 0 saturated carbocycles. The molecule has 0 aliphatic rings. The fraction of sp³-hybridized carbons (Fsp3) is 0.639. The van der Waals surface area contributed by atoms with Crippen LogP contribution in [-0.4, -0.2) is 11.9 Å². The first kappa shape index (κ1) is 43.3. The van der Waals surface area contributed by atoms with Gasteiger partial charge in [0.05, 0.1) is 0 Å². The predicted octanol–water partition coefficient (Wildman–Crippen LogP) is 12.6. The number of halogens is 6. The normalized spacial score (nSPS) is 12.8. The average molecular weight is 712 g/mol. The summed E-state index contributed by atoms with van der Waals surface area (Å²) < 4.78 is 73.0. The molecule has 0 N–H and O–H groups in total. The Morgan fingerprint density at radius 1 is 0.604 bits per heavy atom. The van der Waals surface area contributed by atoms with Gasteiger partial charge in [-0.25, -0.2) is 0 Å². The Kier molecular flexibility index (Phi) is 18.2. The zero-order valence-corrected chi connectivity index (χ0v) is 30.3. The Bertz CT molecular complexity index is 1250. The van der Waals surface area contributed by atoms with Crippen LogP contribution in [0.25, 0.3) is 0 Å². The summed E-state index contributed by atoms with van der Waals surface area (Å²) in [6.45, 7) is 11.6. The van der Waals surface area contributed by atoms with Gasteiger partial charge >= 0.3 is 44.9 Å². The van der Waals surface area contributed by atoms with Gasteiger partial charge in [-0.15, -0.1) is 0 Å². The molecule has 0 atom stereocenters. The van der Waals surface area contributed by atoms with Gasteiger partial charge in [-0.3, -0.25) is 9.59 Å². The number of aromatic nitrogens is 1. The molecular formula is C36H56F6NO4P. The summed E-state index contributed by atoms with van der Waals surface area (Å²) >= 11 is 0. The van der Waals surface area contributed by atoms with Crippen LogP contribution in [0.3, 0.4) is 0 Å². The summed E-state index contributed by atoms with van der Waals surface area (Å²) in [4.78, 5) is 25.4. The number of hydrogen-bond acceptors (Lipinski definition) is 4. The Balaban J connectivity index is 0.00000148. The van der Waals surface area contributed by atoms with Gasteiger partial charge in [0.2, 0.25) is 0 Å². The standard InChI is InChI=1S/C36H56NO4.F6P/c1-6-8-10-12-14-16-18-20-35(38)40-33-23-22-32(24-25-37-30(4)26-29(3)27-31(37)5)28-34(33)41-36(39)21-19-17-15-13-11-9-7-2;1-7(2,3,4,5)6/h22-23,26-28H,6-21,24-25H2,1-5H3;/q+1;-1. The zero-order valence-electron chi connectivity index (χ0n) is 29.4. The van der Waals surface area contributed by atoms with Gasteiger partial charge < -0.3 is 9.47 Å². The molecule has 0 amide bonds. The van der Waals surface area contributed by atoms with Crippen LogP contribution >= 0.6 is 7.81 Å². The summed E-state index contributed by atoms with van der Waals surface area (Å²) in [7, 11) is -10.7. The van der Waals surface area contributed by atoms with Gasteiger partial charge in [0, 0.05) is 45.2 Å². The fourth-order valence-corrected chi connectivity index (χ4v) is 5.40. The molecule has 1 aromatic heterocycles.